The molecule has 2 aromatic rings. The van der Waals surface area contributed by atoms with Crippen molar-refractivity contribution in [3.8, 4) is 11.5 Å². The van der Waals surface area contributed by atoms with Crippen LogP contribution in [0.5, 0.6) is 0 Å². The second-order valence-corrected chi connectivity index (χ2v) is 5.73. The molecular weight excluding hydrogens is 262 g/mol. The van der Waals surface area contributed by atoms with E-state index in [-0.39, 0.29) is 6.61 Å². The maximum absolute atomic E-state index is 9.23. The Bertz CT molecular complexity index is 512. The van der Waals surface area contributed by atoms with Gasteiger partial charge in [-0.15, -0.1) is 0 Å². The zero-order chi connectivity index (χ0) is 13.1. The third kappa shape index (κ3) is 3.02. The number of piperidine rings is 1. The molecule has 0 aromatic carbocycles. The van der Waals surface area contributed by atoms with Gasteiger partial charge in [0.2, 0.25) is 0 Å². The summed E-state index contributed by atoms with van der Waals surface area (Å²) in [6, 6.07) is 1.98. The molecule has 1 unspecified atom stereocenters. The molecule has 3 rings (SSSR count). The van der Waals surface area contributed by atoms with E-state index in [1.165, 1.54) is 0 Å². The van der Waals surface area contributed by atoms with E-state index in [0.29, 0.717) is 18.4 Å². The molecule has 2 aromatic heterocycles. The third-order valence-electron chi connectivity index (χ3n) is 3.46. The summed E-state index contributed by atoms with van der Waals surface area (Å²) in [7, 11) is 0. The molecule has 1 fully saturated rings. The first kappa shape index (κ1) is 12.8. The van der Waals surface area contributed by atoms with Crippen LogP contribution in [0, 0.1) is 5.92 Å². The van der Waals surface area contributed by atoms with Gasteiger partial charge in [-0.05, 0) is 36.8 Å². The Balaban J connectivity index is 1.64. The van der Waals surface area contributed by atoms with Crippen molar-refractivity contribution in [3.05, 3.63) is 22.7 Å². The van der Waals surface area contributed by atoms with Gasteiger partial charge in [0.05, 0.1) is 12.1 Å². The molecule has 0 saturated carbocycles. The Morgan fingerprint density at radius 1 is 1.53 bits per heavy atom. The number of aliphatic hydroxyl groups excluding tert-OH is 1. The van der Waals surface area contributed by atoms with Crippen LogP contribution < -0.4 is 0 Å². The van der Waals surface area contributed by atoms with Gasteiger partial charge in [0, 0.05) is 18.5 Å². The fourth-order valence-electron chi connectivity index (χ4n) is 2.47. The summed E-state index contributed by atoms with van der Waals surface area (Å²) in [5.74, 6) is 1.70. The second-order valence-electron chi connectivity index (χ2n) is 4.95. The average molecular weight is 279 g/mol. The van der Waals surface area contributed by atoms with Crippen molar-refractivity contribution in [2.45, 2.75) is 19.4 Å². The maximum atomic E-state index is 9.23. The van der Waals surface area contributed by atoms with Crippen LogP contribution in [0.25, 0.3) is 11.5 Å². The molecule has 0 aliphatic carbocycles. The quantitative estimate of drug-likeness (QED) is 0.927. The minimum atomic E-state index is 0.267. The molecule has 0 radical (unpaired) electrons. The summed E-state index contributed by atoms with van der Waals surface area (Å²) in [5.41, 5.74) is 0.982. The number of hydrogen-bond acceptors (Lipinski definition) is 6. The number of hydrogen-bond donors (Lipinski definition) is 1. The van der Waals surface area contributed by atoms with Crippen LogP contribution in [-0.2, 0) is 6.54 Å². The molecule has 1 N–H and O–H groups in total. The number of likely N-dealkylation sites (tertiary alicyclic amines) is 1. The fourth-order valence-corrected chi connectivity index (χ4v) is 3.10. The highest BCUT2D eigenvalue weighted by Crippen LogP contribution is 2.21. The van der Waals surface area contributed by atoms with E-state index in [4.69, 9.17) is 4.52 Å². The van der Waals surface area contributed by atoms with Gasteiger partial charge in [0.1, 0.15) is 0 Å². The molecule has 0 spiro atoms. The predicted octanol–water partition coefficient (Wildman–Crippen LogP) is 2.00. The van der Waals surface area contributed by atoms with Crippen molar-refractivity contribution in [3.63, 3.8) is 0 Å². The van der Waals surface area contributed by atoms with Gasteiger partial charge < -0.3 is 9.63 Å². The molecule has 1 atom stereocenters. The van der Waals surface area contributed by atoms with Crippen molar-refractivity contribution in [2.24, 2.45) is 5.92 Å². The molecule has 1 aliphatic rings. The highest BCUT2D eigenvalue weighted by molar-refractivity contribution is 7.08. The van der Waals surface area contributed by atoms with E-state index in [1.54, 1.807) is 11.3 Å². The van der Waals surface area contributed by atoms with Crippen LogP contribution in [-0.4, -0.2) is 39.8 Å². The van der Waals surface area contributed by atoms with Crippen molar-refractivity contribution < 1.29 is 9.63 Å². The molecule has 0 bridgehead atoms. The lowest BCUT2D eigenvalue weighted by molar-refractivity contribution is 0.113. The summed E-state index contributed by atoms with van der Waals surface area (Å²) >= 11 is 1.62. The monoisotopic (exact) mass is 279 g/mol. The zero-order valence-corrected chi connectivity index (χ0v) is 11.5. The van der Waals surface area contributed by atoms with Gasteiger partial charge in [-0.2, -0.15) is 16.3 Å². The van der Waals surface area contributed by atoms with Crippen LogP contribution in [0.2, 0.25) is 0 Å². The molecule has 102 valence electrons. The Morgan fingerprint density at radius 2 is 2.47 bits per heavy atom. The van der Waals surface area contributed by atoms with E-state index in [1.807, 2.05) is 16.8 Å². The number of aliphatic hydroxyl groups is 1. The van der Waals surface area contributed by atoms with Gasteiger partial charge in [-0.25, -0.2) is 0 Å². The van der Waals surface area contributed by atoms with E-state index >= 15 is 0 Å². The molecule has 1 saturated heterocycles. The number of rotatable bonds is 4. The van der Waals surface area contributed by atoms with Gasteiger partial charge in [-0.1, -0.05) is 5.16 Å². The lowest BCUT2D eigenvalue weighted by Crippen LogP contribution is -2.36. The maximum Gasteiger partial charge on any atom is 0.258 e. The topological polar surface area (TPSA) is 62.4 Å². The summed E-state index contributed by atoms with van der Waals surface area (Å²) in [6.45, 7) is 2.92. The molecule has 1 aliphatic heterocycles. The third-order valence-corrected chi connectivity index (χ3v) is 4.15. The molecule has 0 amide bonds. The van der Waals surface area contributed by atoms with E-state index < -0.39 is 0 Å². The van der Waals surface area contributed by atoms with Gasteiger partial charge in [0.15, 0.2) is 5.82 Å². The summed E-state index contributed by atoms with van der Waals surface area (Å²) in [6.07, 6.45) is 2.24. The first-order valence-corrected chi connectivity index (χ1v) is 7.48. The smallest absolute Gasteiger partial charge is 0.258 e. The SMILES string of the molecule is OCC1CCCN(Cc2noc(-c3ccsc3)n2)C1. The Morgan fingerprint density at radius 3 is 3.26 bits per heavy atom. The minimum absolute atomic E-state index is 0.267. The highest BCUT2D eigenvalue weighted by atomic mass is 32.1. The van der Waals surface area contributed by atoms with Gasteiger partial charge in [-0.3, -0.25) is 4.90 Å². The fraction of sp³-hybridized carbons (Fsp3) is 0.538. The van der Waals surface area contributed by atoms with Crippen LogP contribution in [0.1, 0.15) is 18.7 Å². The second kappa shape index (κ2) is 5.81. The van der Waals surface area contributed by atoms with Crippen molar-refractivity contribution in [2.75, 3.05) is 19.7 Å². The van der Waals surface area contributed by atoms with Crippen molar-refractivity contribution in [1.82, 2.24) is 15.0 Å². The van der Waals surface area contributed by atoms with E-state index in [9.17, 15) is 5.11 Å². The Hall–Kier alpha value is -1.24. The molecule has 6 heteroatoms. The first-order chi connectivity index (χ1) is 9.35. The van der Waals surface area contributed by atoms with Crippen molar-refractivity contribution >= 4 is 11.3 Å². The van der Waals surface area contributed by atoms with Crippen LogP contribution in [0.15, 0.2) is 21.3 Å². The molecule has 5 nitrogen and oxygen atoms in total. The molecule has 3 heterocycles. The van der Waals surface area contributed by atoms with Crippen LogP contribution >= 0.6 is 11.3 Å². The van der Waals surface area contributed by atoms with E-state index in [2.05, 4.69) is 15.0 Å². The number of thiophene rings is 1. The zero-order valence-electron chi connectivity index (χ0n) is 10.7. The standard InChI is InChI=1S/C13H17N3O2S/c17-8-10-2-1-4-16(6-10)7-12-14-13(18-15-12)11-3-5-19-9-11/h3,5,9-10,17H,1-2,4,6-8H2. The lowest BCUT2D eigenvalue weighted by atomic mass is 9.99. The van der Waals surface area contributed by atoms with Crippen molar-refractivity contribution in [1.29, 1.82) is 0 Å². The predicted molar refractivity (Wildman–Crippen MR) is 72.7 cm³/mol. The summed E-state index contributed by atoms with van der Waals surface area (Å²) in [4.78, 5) is 6.71. The number of aromatic nitrogens is 2. The summed E-state index contributed by atoms with van der Waals surface area (Å²) < 4.78 is 5.27. The summed E-state index contributed by atoms with van der Waals surface area (Å²) in [5, 5.41) is 17.3. The Kier molecular flexibility index (Phi) is 3.91. The Labute approximate surface area is 115 Å². The van der Waals surface area contributed by atoms with E-state index in [0.717, 1.165) is 37.3 Å². The van der Waals surface area contributed by atoms with Crippen LogP contribution in [0.4, 0.5) is 0 Å². The normalized spacial score (nSPS) is 20.8. The van der Waals surface area contributed by atoms with Gasteiger partial charge >= 0.3 is 0 Å². The average Bonchev–Trinajstić information content (AvgIpc) is 3.09. The van der Waals surface area contributed by atoms with Gasteiger partial charge in [0.25, 0.3) is 5.89 Å². The lowest BCUT2D eigenvalue weighted by Gasteiger charge is -2.30. The van der Waals surface area contributed by atoms with Crippen LogP contribution in [0.3, 0.4) is 0 Å². The molecular formula is C13H17N3O2S. The minimum Gasteiger partial charge on any atom is -0.396 e. The first-order valence-electron chi connectivity index (χ1n) is 6.53. The number of nitrogens with zero attached hydrogens (tertiary/aromatic N) is 3. The highest BCUT2D eigenvalue weighted by Gasteiger charge is 2.21. The molecule has 19 heavy (non-hydrogen) atoms. The largest absolute Gasteiger partial charge is 0.396 e.